The number of fused-ring (bicyclic) bond motifs is 1. The Bertz CT molecular complexity index is 778. The van der Waals surface area contributed by atoms with Gasteiger partial charge in [-0.25, -0.2) is 0 Å². The van der Waals surface area contributed by atoms with Gasteiger partial charge in [0.2, 0.25) is 0 Å². The first-order chi connectivity index (χ1) is 9.91. The molecule has 1 heterocycles. The van der Waals surface area contributed by atoms with E-state index in [0.29, 0.717) is 5.75 Å². The van der Waals surface area contributed by atoms with Crippen LogP contribution in [-0.2, 0) is 11.3 Å². The molecule has 0 saturated heterocycles. The third-order valence-electron chi connectivity index (χ3n) is 2.73. The van der Waals surface area contributed by atoms with Crippen molar-refractivity contribution in [3.63, 3.8) is 0 Å². The summed E-state index contributed by atoms with van der Waals surface area (Å²) in [7, 11) is 0. The van der Waals surface area contributed by atoms with Gasteiger partial charge < -0.3 is 9.15 Å². The first-order valence-corrected chi connectivity index (χ1v) is 5.84. The van der Waals surface area contributed by atoms with Crippen LogP contribution in [0.4, 0.5) is 13.2 Å². The van der Waals surface area contributed by atoms with Crippen molar-refractivity contribution in [1.82, 2.24) is 4.98 Å². The summed E-state index contributed by atoms with van der Waals surface area (Å²) in [4.78, 5) is 3.92. The number of alkyl halides is 3. The topological polar surface area (TPSA) is 55.2 Å². The van der Waals surface area contributed by atoms with E-state index in [1.165, 1.54) is 30.3 Å². The predicted molar refractivity (Wildman–Crippen MR) is 65.7 cm³/mol. The van der Waals surface area contributed by atoms with Gasteiger partial charge in [-0.2, -0.15) is 18.2 Å². The normalized spacial score (nSPS) is 11.8. The van der Waals surface area contributed by atoms with Crippen molar-refractivity contribution < 1.29 is 27.4 Å². The van der Waals surface area contributed by atoms with Crippen molar-refractivity contribution in [1.29, 1.82) is 0 Å². The Morgan fingerprint density at radius 2 is 1.76 bits per heavy atom. The first-order valence-electron chi connectivity index (χ1n) is 5.84. The Hall–Kier alpha value is -2.70. The summed E-state index contributed by atoms with van der Waals surface area (Å²) < 4.78 is 48.1. The van der Waals surface area contributed by atoms with E-state index < -0.39 is 11.7 Å². The smallest absolute Gasteiger partial charge is 0.411 e. The minimum absolute atomic E-state index is 0.0275. The fraction of sp³-hybridized carbons (Fsp3) is 0.0714. The van der Waals surface area contributed by atoms with Crippen LogP contribution in [0.3, 0.4) is 0 Å². The van der Waals surface area contributed by atoms with Crippen molar-refractivity contribution in [3.8, 4) is 17.6 Å². The molecule has 1 radical (unpaired) electrons. The molecule has 0 atom stereocenters. The van der Waals surface area contributed by atoms with Crippen LogP contribution in [0.5, 0.6) is 17.6 Å². The zero-order chi connectivity index (χ0) is 15.0. The third-order valence-corrected chi connectivity index (χ3v) is 2.73. The van der Waals surface area contributed by atoms with Crippen LogP contribution in [0.25, 0.3) is 11.1 Å². The molecule has 0 saturated carbocycles. The summed E-state index contributed by atoms with van der Waals surface area (Å²) in [5.41, 5.74) is -0.605. The average molecular weight is 294 g/mol. The third kappa shape index (κ3) is 2.76. The van der Waals surface area contributed by atoms with Gasteiger partial charge in [-0.3, -0.25) is 5.11 Å². The fourth-order valence-electron chi connectivity index (χ4n) is 1.73. The van der Waals surface area contributed by atoms with E-state index in [-0.39, 0.29) is 22.9 Å². The van der Waals surface area contributed by atoms with Crippen LogP contribution in [0.1, 0.15) is 5.56 Å². The molecule has 0 fully saturated rings. The first kappa shape index (κ1) is 13.3. The molecule has 0 amide bonds. The van der Waals surface area contributed by atoms with Gasteiger partial charge in [0, 0.05) is 0 Å². The molecule has 1 aromatic heterocycles. The summed E-state index contributed by atoms with van der Waals surface area (Å²) in [6.07, 6.45) is -4.64. The molecule has 0 spiro atoms. The SMILES string of the molecule is [O]c1ccc(Oc2nc3ccc(C(F)(F)F)cc3o2)cc1. The number of hydrogen-bond donors (Lipinski definition) is 0. The molecule has 21 heavy (non-hydrogen) atoms. The van der Waals surface area contributed by atoms with Crippen LogP contribution in [-0.4, -0.2) is 4.98 Å². The van der Waals surface area contributed by atoms with Crippen molar-refractivity contribution in [3.05, 3.63) is 48.0 Å². The Balaban J connectivity index is 1.92. The summed E-state index contributed by atoms with van der Waals surface area (Å²) >= 11 is 0. The molecule has 0 N–H and O–H groups in total. The highest BCUT2D eigenvalue weighted by atomic mass is 19.4. The number of ether oxygens (including phenoxy) is 1. The molecular formula is C14H7F3NO3. The van der Waals surface area contributed by atoms with Crippen molar-refractivity contribution in [2.45, 2.75) is 6.18 Å². The quantitative estimate of drug-likeness (QED) is 0.683. The second kappa shape index (κ2) is 4.69. The number of hydrogen-bond acceptors (Lipinski definition) is 3. The van der Waals surface area contributed by atoms with Gasteiger partial charge in [0.25, 0.3) is 0 Å². The molecule has 7 heteroatoms. The Labute approximate surface area is 116 Å². The highest BCUT2D eigenvalue weighted by Gasteiger charge is 2.31. The van der Waals surface area contributed by atoms with E-state index in [1.54, 1.807) is 0 Å². The van der Waals surface area contributed by atoms with Gasteiger partial charge in [0.15, 0.2) is 11.3 Å². The highest BCUT2D eigenvalue weighted by Crippen LogP contribution is 2.33. The molecule has 0 bridgehead atoms. The number of nitrogens with zero attached hydrogens (tertiary/aromatic N) is 1. The summed E-state index contributed by atoms with van der Waals surface area (Å²) in [6.45, 7) is 0. The second-order valence-corrected chi connectivity index (χ2v) is 4.23. The van der Waals surface area contributed by atoms with Crippen LogP contribution in [0.2, 0.25) is 0 Å². The van der Waals surface area contributed by atoms with Gasteiger partial charge in [0.05, 0.1) is 5.56 Å². The predicted octanol–water partition coefficient (Wildman–Crippen LogP) is 4.78. The Morgan fingerprint density at radius 1 is 1.05 bits per heavy atom. The molecule has 3 rings (SSSR count). The van der Waals surface area contributed by atoms with Gasteiger partial charge in [0.1, 0.15) is 11.3 Å². The number of oxazole rings is 1. The second-order valence-electron chi connectivity index (χ2n) is 4.23. The number of benzene rings is 2. The highest BCUT2D eigenvalue weighted by molar-refractivity contribution is 5.74. The Kier molecular flexibility index (Phi) is 2.97. The Morgan fingerprint density at radius 3 is 2.43 bits per heavy atom. The molecular weight excluding hydrogens is 287 g/mol. The maximum Gasteiger partial charge on any atom is 0.416 e. The van der Waals surface area contributed by atoms with E-state index in [0.717, 1.165) is 12.1 Å². The molecule has 2 aromatic carbocycles. The lowest BCUT2D eigenvalue weighted by molar-refractivity contribution is -0.137. The average Bonchev–Trinajstić information content (AvgIpc) is 2.81. The molecule has 0 aliphatic carbocycles. The zero-order valence-electron chi connectivity index (χ0n) is 10.3. The monoisotopic (exact) mass is 294 g/mol. The maximum atomic E-state index is 12.6. The van der Waals surface area contributed by atoms with Gasteiger partial charge in [-0.15, -0.1) is 0 Å². The largest absolute Gasteiger partial charge is 0.416 e. The lowest BCUT2D eigenvalue weighted by atomic mass is 10.2. The van der Waals surface area contributed by atoms with E-state index >= 15 is 0 Å². The van der Waals surface area contributed by atoms with Crippen molar-refractivity contribution in [2.75, 3.05) is 0 Å². The van der Waals surface area contributed by atoms with E-state index in [9.17, 15) is 18.3 Å². The molecule has 0 aliphatic heterocycles. The van der Waals surface area contributed by atoms with Crippen LogP contribution in [0, 0.1) is 0 Å². The minimum atomic E-state index is -4.45. The molecule has 0 unspecified atom stereocenters. The van der Waals surface area contributed by atoms with Gasteiger partial charge in [-0.1, -0.05) is 0 Å². The molecule has 0 aliphatic rings. The van der Waals surface area contributed by atoms with E-state index in [1.807, 2.05) is 0 Å². The molecule has 4 nitrogen and oxygen atoms in total. The lowest BCUT2D eigenvalue weighted by Gasteiger charge is -2.04. The van der Waals surface area contributed by atoms with Crippen LogP contribution < -0.4 is 4.74 Å². The van der Waals surface area contributed by atoms with Crippen molar-refractivity contribution in [2.24, 2.45) is 0 Å². The number of aromatic nitrogens is 1. The van der Waals surface area contributed by atoms with Crippen molar-refractivity contribution >= 4 is 11.1 Å². The summed E-state index contributed by atoms with van der Waals surface area (Å²) in [6, 6.07) is 8.39. The van der Waals surface area contributed by atoms with Gasteiger partial charge in [-0.05, 0) is 42.5 Å². The zero-order valence-corrected chi connectivity index (χ0v) is 10.3. The lowest BCUT2D eigenvalue weighted by Crippen LogP contribution is -2.03. The van der Waals surface area contributed by atoms with E-state index in [2.05, 4.69) is 4.98 Å². The van der Waals surface area contributed by atoms with Gasteiger partial charge >= 0.3 is 12.3 Å². The fourth-order valence-corrected chi connectivity index (χ4v) is 1.73. The molecule has 3 aromatic rings. The minimum Gasteiger partial charge on any atom is -0.411 e. The summed E-state index contributed by atoms with van der Waals surface area (Å²) in [5.74, 6) is 0.118. The molecule has 107 valence electrons. The van der Waals surface area contributed by atoms with E-state index in [4.69, 9.17) is 9.15 Å². The maximum absolute atomic E-state index is 12.6. The number of rotatable bonds is 2. The summed E-state index contributed by atoms with van der Waals surface area (Å²) in [5, 5.41) is 10.9. The van der Waals surface area contributed by atoms with Crippen LogP contribution in [0.15, 0.2) is 46.9 Å². The number of halogens is 3. The standard InChI is InChI=1S/C14H7F3NO3/c15-14(16,17)8-1-6-11-12(7-8)21-13(18-11)20-10-4-2-9(19)3-5-10/h1-7H. The van der Waals surface area contributed by atoms with Crippen LogP contribution >= 0.6 is 0 Å².